The van der Waals surface area contributed by atoms with Crippen LogP contribution in [0.3, 0.4) is 0 Å². The van der Waals surface area contributed by atoms with Crippen molar-refractivity contribution < 1.29 is 10.2 Å². The fraction of sp³-hybridized carbons (Fsp3) is 0.500. The van der Waals surface area contributed by atoms with Gasteiger partial charge in [0.1, 0.15) is 6.10 Å². The molecule has 2 atom stereocenters. The molecule has 15 heavy (non-hydrogen) atoms. The lowest BCUT2D eigenvalue weighted by Crippen LogP contribution is -2.32. The second-order valence-corrected chi connectivity index (χ2v) is 5.24. The quantitative estimate of drug-likeness (QED) is 0.817. The maximum atomic E-state index is 9.92. The van der Waals surface area contributed by atoms with Crippen molar-refractivity contribution in [1.29, 1.82) is 0 Å². The molecule has 0 amide bonds. The van der Waals surface area contributed by atoms with Crippen LogP contribution in [0.15, 0.2) is 24.3 Å². The van der Waals surface area contributed by atoms with Gasteiger partial charge in [-0.2, -0.15) is 0 Å². The molecule has 0 aromatic heterocycles. The molecule has 0 saturated carbocycles. The molecule has 1 aromatic rings. The van der Waals surface area contributed by atoms with Crippen LogP contribution in [0.5, 0.6) is 0 Å². The van der Waals surface area contributed by atoms with Crippen molar-refractivity contribution in [3.63, 3.8) is 0 Å². The van der Waals surface area contributed by atoms with E-state index in [0.29, 0.717) is 10.6 Å². The number of aliphatic hydroxyl groups is 2. The Morgan fingerprint density at radius 3 is 1.93 bits per heavy atom. The summed E-state index contributed by atoms with van der Waals surface area (Å²) < 4.78 is 0. The maximum absolute atomic E-state index is 9.92. The molecule has 2 N–H and O–H groups in total. The van der Waals surface area contributed by atoms with E-state index in [0.717, 1.165) is 0 Å². The third-order valence-corrected chi connectivity index (χ3v) is 2.65. The minimum atomic E-state index is -0.873. The average Bonchev–Trinajstić information content (AvgIpc) is 2.15. The lowest BCUT2D eigenvalue weighted by molar-refractivity contribution is -0.0458. The molecular weight excluding hydrogens is 212 g/mol. The van der Waals surface area contributed by atoms with E-state index in [1.807, 2.05) is 20.8 Å². The molecule has 0 fully saturated rings. The van der Waals surface area contributed by atoms with Crippen molar-refractivity contribution in [2.45, 2.75) is 33.0 Å². The van der Waals surface area contributed by atoms with Gasteiger partial charge in [0, 0.05) is 5.02 Å². The van der Waals surface area contributed by atoms with Gasteiger partial charge in [-0.25, -0.2) is 0 Å². The lowest BCUT2D eigenvalue weighted by atomic mass is 9.84. The molecule has 0 spiro atoms. The Morgan fingerprint density at radius 2 is 1.53 bits per heavy atom. The first-order valence-electron chi connectivity index (χ1n) is 4.94. The van der Waals surface area contributed by atoms with Crippen LogP contribution in [-0.4, -0.2) is 16.3 Å². The minimum absolute atomic E-state index is 0.348. The fourth-order valence-corrected chi connectivity index (χ4v) is 1.44. The van der Waals surface area contributed by atoms with Crippen LogP contribution in [0, 0.1) is 5.41 Å². The second kappa shape index (κ2) is 4.52. The van der Waals surface area contributed by atoms with E-state index >= 15 is 0 Å². The van der Waals surface area contributed by atoms with Gasteiger partial charge in [0.15, 0.2) is 0 Å². The molecule has 0 aliphatic heterocycles. The largest absolute Gasteiger partial charge is 0.390 e. The number of rotatable bonds is 2. The summed E-state index contributed by atoms with van der Waals surface area (Å²) in [6.07, 6.45) is -1.67. The van der Waals surface area contributed by atoms with Crippen LogP contribution >= 0.6 is 11.6 Å². The van der Waals surface area contributed by atoms with Gasteiger partial charge < -0.3 is 10.2 Å². The Hall–Kier alpha value is -0.570. The number of halogens is 1. The van der Waals surface area contributed by atoms with E-state index in [4.69, 9.17) is 11.6 Å². The van der Waals surface area contributed by atoms with Crippen LogP contribution in [0.4, 0.5) is 0 Å². The van der Waals surface area contributed by atoms with E-state index in [1.165, 1.54) is 0 Å². The Kier molecular flexibility index (Phi) is 3.77. The summed E-state index contributed by atoms with van der Waals surface area (Å²) >= 11 is 5.74. The molecule has 0 radical (unpaired) electrons. The Bertz CT molecular complexity index is 313. The van der Waals surface area contributed by atoms with E-state index < -0.39 is 12.2 Å². The second-order valence-electron chi connectivity index (χ2n) is 4.81. The van der Waals surface area contributed by atoms with E-state index in [1.54, 1.807) is 24.3 Å². The van der Waals surface area contributed by atoms with Crippen molar-refractivity contribution in [2.24, 2.45) is 5.41 Å². The van der Waals surface area contributed by atoms with Gasteiger partial charge >= 0.3 is 0 Å². The molecule has 0 bridgehead atoms. The molecule has 0 aliphatic carbocycles. The SMILES string of the molecule is CC(C)(C)C(O)C(O)c1ccc(Cl)cc1. The summed E-state index contributed by atoms with van der Waals surface area (Å²) in [5.41, 5.74) is 0.334. The van der Waals surface area contributed by atoms with Gasteiger partial charge in [0.25, 0.3) is 0 Å². The zero-order valence-corrected chi connectivity index (χ0v) is 9.99. The van der Waals surface area contributed by atoms with E-state index in [2.05, 4.69) is 0 Å². The third-order valence-electron chi connectivity index (χ3n) is 2.40. The highest BCUT2D eigenvalue weighted by atomic mass is 35.5. The Morgan fingerprint density at radius 1 is 1.07 bits per heavy atom. The predicted molar refractivity (Wildman–Crippen MR) is 61.9 cm³/mol. The number of hydrogen-bond donors (Lipinski definition) is 2. The number of benzene rings is 1. The smallest absolute Gasteiger partial charge is 0.105 e. The molecular formula is C12H17ClO2. The van der Waals surface area contributed by atoms with Crippen LogP contribution < -0.4 is 0 Å². The summed E-state index contributed by atoms with van der Waals surface area (Å²) in [7, 11) is 0. The van der Waals surface area contributed by atoms with Gasteiger partial charge in [-0.05, 0) is 23.1 Å². The van der Waals surface area contributed by atoms with Crippen molar-refractivity contribution in [3.05, 3.63) is 34.9 Å². The highest BCUT2D eigenvalue weighted by molar-refractivity contribution is 6.30. The summed E-state index contributed by atoms with van der Waals surface area (Å²) in [6, 6.07) is 6.86. The monoisotopic (exact) mass is 228 g/mol. The molecule has 84 valence electrons. The molecule has 2 unspecified atom stereocenters. The van der Waals surface area contributed by atoms with Crippen LogP contribution in [0.1, 0.15) is 32.4 Å². The summed E-state index contributed by atoms with van der Waals surface area (Å²) in [6.45, 7) is 5.66. The third kappa shape index (κ3) is 3.20. The zero-order valence-electron chi connectivity index (χ0n) is 9.24. The number of aliphatic hydroxyl groups excluding tert-OH is 2. The normalized spacial score (nSPS) is 16.1. The fourth-order valence-electron chi connectivity index (χ4n) is 1.32. The first kappa shape index (κ1) is 12.5. The van der Waals surface area contributed by atoms with Crippen LogP contribution in [-0.2, 0) is 0 Å². The number of hydrogen-bond acceptors (Lipinski definition) is 2. The van der Waals surface area contributed by atoms with E-state index in [9.17, 15) is 10.2 Å². The Labute approximate surface area is 95.5 Å². The highest BCUT2D eigenvalue weighted by Gasteiger charge is 2.29. The van der Waals surface area contributed by atoms with Crippen molar-refractivity contribution in [2.75, 3.05) is 0 Å². The van der Waals surface area contributed by atoms with Crippen LogP contribution in [0.2, 0.25) is 5.02 Å². The van der Waals surface area contributed by atoms with Crippen molar-refractivity contribution >= 4 is 11.6 Å². The molecule has 3 heteroatoms. The first-order valence-corrected chi connectivity index (χ1v) is 5.32. The molecule has 1 aromatic carbocycles. The van der Waals surface area contributed by atoms with Gasteiger partial charge in [-0.1, -0.05) is 44.5 Å². The molecule has 0 aliphatic rings. The topological polar surface area (TPSA) is 40.5 Å². The summed E-state index contributed by atoms with van der Waals surface area (Å²) in [4.78, 5) is 0. The van der Waals surface area contributed by atoms with Gasteiger partial charge in [0.05, 0.1) is 6.10 Å². The van der Waals surface area contributed by atoms with Crippen molar-refractivity contribution in [3.8, 4) is 0 Å². The van der Waals surface area contributed by atoms with Gasteiger partial charge in [0.2, 0.25) is 0 Å². The lowest BCUT2D eigenvalue weighted by Gasteiger charge is -2.30. The highest BCUT2D eigenvalue weighted by Crippen LogP contribution is 2.30. The zero-order chi connectivity index (χ0) is 11.6. The summed E-state index contributed by atoms with van der Waals surface area (Å²) in [5.74, 6) is 0. The van der Waals surface area contributed by atoms with Gasteiger partial charge in [-0.15, -0.1) is 0 Å². The standard InChI is InChI=1S/C12H17ClO2/c1-12(2,3)11(15)10(14)8-4-6-9(13)7-5-8/h4-7,10-11,14-15H,1-3H3. The van der Waals surface area contributed by atoms with Crippen LogP contribution in [0.25, 0.3) is 0 Å². The Balaban J connectivity index is 2.85. The van der Waals surface area contributed by atoms with Crippen molar-refractivity contribution in [1.82, 2.24) is 0 Å². The molecule has 0 saturated heterocycles. The maximum Gasteiger partial charge on any atom is 0.105 e. The predicted octanol–water partition coefficient (Wildman–Crippen LogP) is 2.78. The summed E-state index contributed by atoms with van der Waals surface area (Å²) in [5, 5.41) is 20.4. The molecule has 0 heterocycles. The van der Waals surface area contributed by atoms with E-state index in [-0.39, 0.29) is 5.41 Å². The molecule has 1 rings (SSSR count). The first-order chi connectivity index (χ1) is 6.82. The van der Waals surface area contributed by atoms with Gasteiger partial charge in [-0.3, -0.25) is 0 Å². The minimum Gasteiger partial charge on any atom is -0.390 e. The average molecular weight is 229 g/mol. The molecule has 2 nitrogen and oxygen atoms in total.